The normalized spacial score (nSPS) is 13.0. The van der Waals surface area contributed by atoms with E-state index in [0.29, 0.717) is 5.56 Å². The number of rotatable bonds is 6. The summed E-state index contributed by atoms with van der Waals surface area (Å²) in [7, 11) is -0.828. The number of carbonyl (C=O) groups excluding carboxylic acids is 1. The summed E-state index contributed by atoms with van der Waals surface area (Å²) >= 11 is 0. The van der Waals surface area contributed by atoms with Crippen molar-refractivity contribution in [3.05, 3.63) is 29.8 Å². The lowest BCUT2D eigenvalue weighted by molar-refractivity contribution is 0.0600. The van der Waals surface area contributed by atoms with Crippen molar-refractivity contribution >= 4 is 16.0 Å². The van der Waals surface area contributed by atoms with E-state index >= 15 is 0 Å². The van der Waals surface area contributed by atoms with Gasteiger partial charge in [0.25, 0.3) is 0 Å². The molecular weight excluding hydrogens is 270 g/mol. The molecule has 1 aromatic rings. The molecule has 0 aliphatic rings. The monoisotopic (exact) mass is 287 g/mol. The van der Waals surface area contributed by atoms with Crippen LogP contribution in [0.4, 0.5) is 0 Å². The molecule has 0 aromatic heterocycles. The largest absolute Gasteiger partial charge is 0.465 e. The second-order valence-electron chi connectivity index (χ2n) is 3.91. The Morgan fingerprint density at radius 3 is 2.32 bits per heavy atom. The van der Waals surface area contributed by atoms with Crippen LogP contribution in [0.25, 0.3) is 0 Å². The van der Waals surface area contributed by atoms with Crippen LogP contribution in [0.5, 0.6) is 0 Å². The van der Waals surface area contributed by atoms with Crippen molar-refractivity contribution in [3.8, 4) is 0 Å². The Morgan fingerprint density at radius 1 is 1.26 bits per heavy atom. The van der Waals surface area contributed by atoms with Gasteiger partial charge in [-0.05, 0) is 31.2 Å². The van der Waals surface area contributed by atoms with Gasteiger partial charge in [0.1, 0.15) is 0 Å². The molecule has 0 bridgehead atoms. The van der Waals surface area contributed by atoms with Gasteiger partial charge in [0, 0.05) is 13.7 Å². The number of sulfonamides is 1. The van der Waals surface area contributed by atoms with Gasteiger partial charge >= 0.3 is 5.97 Å². The first-order chi connectivity index (χ1) is 8.90. The maximum Gasteiger partial charge on any atom is 0.337 e. The molecule has 19 heavy (non-hydrogen) atoms. The minimum Gasteiger partial charge on any atom is -0.465 e. The molecule has 0 radical (unpaired) electrons. The zero-order valence-corrected chi connectivity index (χ0v) is 11.9. The highest BCUT2D eigenvalue weighted by Crippen LogP contribution is 2.11. The molecule has 0 aliphatic carbocycles. The highest BCUT2D eigenvalue weighted by Gasteiger charge is 2.15. The number of carbonyl (C=O) groups is 1. The van der Waals surface area contributed by atoms with Crippen molar-refractivity contribution in [1.82, 2.24) is 4.72 Å². The molecule has 106 valence electrons. The topological polar surface area (TPSA) is 81.7 Å². The van der Waals surface area contributed by atoms with Crippen molar-refractivity contribution in [2.24, 2.45) is 0 Å². The fourth-order valence-corrected chi connectivity index (χ4v) is 2.40. The van der Waals surface area contributed by atoms with Crippen molar-refractivity contribution in [1.29, 1.82) is 0 Å². The van der Waals surface area contributed by atoms with E-state index in [9.17, 15) is 13.2 Å². The molecule has 0 heterocycles. The number of benzene rings is 1. The van der Waals surface area contributed by atoms with Crippen LogP contribution in [0, 0.1) is 0 Å². The minimum absolute atomic E-state index is 0.0865. The molecule has 1 aromatic carbocycles. The van der Waals surface area contributed by atoms with Crippen molar-refractivity contribution in [3.63, 3.8) is 0 Å². The van der Waals surface area contributed by atoms with Gasteiger partial charge in [-0.3, -0.25) is 0 Å². The summed E-state index contributed by atoms with van der Waals surface area (Å²) in [5.41, 5.74) is 0.298. The lowest BCUT2D eigenvalue weighted by atomic mass is 10.2. The number of methoxy groups -OCH3 is 2. The van der Waals surface area contributed by atoms with E-state index in [1.807, 2.05) is 0 Å². The van der Waals surface area contributed by atoms with E-state index in [2.05, 4.69) is 9.46 Å². The summed E-state index contributed by atoms with van der Waals surface area (Å²) in [4.78, 5) is 11.3. The summed E-state index contributed by atoms with van der Waals surface area (Å²) in [6.45, 7) is 1.93. The van der Waals surface area contributed by atoms with E-state index in [1.54, 1.807) is 6.92 Å². The number of hydrogen-bond acceptors (Lipinski definition) is 5. The summed E-state index contributed by atoms with van der Waals surface area (Å²) in [5, 5.41) is 0. The number of hydrogen-bond donors (Lipinski definition) is 1. The molecule has 1 rings (SSSR count). The van der Waals surface area contributed by atoms with Crippen molar-refractivity contribution < 1.29 is 22.7 Å². The zero-order valence-electron chi connectivity index (χ0n) is 11.0. The molecule has 0 saturated heterocycles. The van der Waals surface area contributed by atoms with Gasteiger partial charge in [0.2, 0.25) is 10.0 Å². The van der Waals surface area contributed by atoms with Crippen LogP contribution >= 0.6 is 0 Å². The average Bonchev–Trinajstić information content (AvgIpc) is 2.44. The molecule has 0 amide bonds. The third-order valence-corrected chi connectivity index (χ3v) is 3.99. The van der Waals surface area contributed by atoms with Crippen LogP contribution < -0.4 is 4.72 Å². The Bertz CT molecular complexity index is 524. The maximum absolute atomic E-state index is 11.9. The predicted molar refractivity (Wildman–Crippen MR) is 69.4 cm³/mol. The Morgan fingerprint density at radius 2 is 1.84 bits per heavy atom. The smallest absolute Gasteiger partial charge is 0.337 e. The Labute approximate surface area is 112 Å². The molecule has 0 aliphatic heterocycles. The number of ether oxygens (including phenoxy) is 2. The van der Waals surface area contributed by atoms with E-state index in [-0.39, 0.29) is 17.5 Å². The molecule has 1 atom stereocenters. The Balaban J connectivity index is 2.82. The zero-order chi connectivity index (χ0) is 14.5. The number of esters is 1. The highest BCUT2D eigenvalue weighted by molar-refractivity contribution is 7.89. The fourth-order valence-electron chi connectivity index (χ4n) is 1.28. The summed E-state index contributed by atoms with van der Waals surface area (Å²) in [6.07, 6.45) is -0.218. The third kappa shape index (κ3) is 4.30. The second kappa shape index (κ2) is 6.65. The Hall–Kier alpha value is -1.44. The van der Waals surface area contributed by atoms with Gasteiger partial charge in [-0.15, -0.1) is 0 Å². The van der Waals surface area contributed by atoms with Crippen LogP contribution in [-0.2, 0) is 19.5 Å². The van der Waals surface area contributed by atoms with Gasteiger partial charge in [-0.2, -0.15) is 0 Å². The second-order valence-corrected chi connectivity index (χ2v) is 5.68. The quantitative estimate of drug-likeness (QED) is 0.782. The fraction of sp³-hybridized carbons (Fsp3) is 0.417. The van der Waals surface area contributed by atoms with Crippen LogP contribution in [0.15, 0.2) is 29.2 Å². The molecule has 1 N–H and O–H groups in total. The van der Waals surface area contributed by atoms with Crippen LogP contribution in [-0.4, -0.2) is 41.3 Å². The van der Waals surface area contributed by atoms with Gasteiger partial charge < -0.3 is 9.47 Å². The first-order valence-electron chi connectivity index (χ1n) is 5.61. The molecule has 0 saturated carbocycles. The minimum atomic E-state index is -3.60. The van der Waals surface area contributed by atoms with Gasteiger partial charge in [-0.25, -0.2) is 17.9 Å². The lowest BCUT2D eigenvalue weighted by Gasteiger charge is -2.11. The predicted octanol–water partition coefficient (Wildman–Crippen LogP) is 0.786. The highest BCUT2D eigenvalue weighted by atomic mass is 32.2. The van der Waals surface area contributed by atoms with E-state index in [0.717, 1.165) is 0 Å². The average molecular weight is 287 g/mol. The molecule has 0 fully saturated rings. The lowest BCUT2D eigenvalue weighted by Crippen LogP contribution is -2.31. The number of nitrogens with one attached hydrogen (secondary N) is 1. The summed E-state index contributed by atoms with van der Waals surface area (Å²) < 4.78 is 35.8. The molecular formula is C12H17NO5S. The van der Waals surface area contributed by atoms with E-state index in [1.165, 1.54) is 38.5 Å². The third-order valence-electron chi connectivity index (χ3n) is 2.55. The molecule has 1 unspecified atom stereocenters. The molecule has 7 heteroatoms. The SMILES string of the molecule is COC(=O)c1ccc(S(=O)(=O)NCC(C)OC)cc1. The van der Waals surface area contributed by atoms with Gasteiger partial charge in [0.15, 0.2) is 0 Å². The van der Waals surface area contributed by atoms with Crippen LogP contribution in [0.1, 0.15) is 17.3 Å². The van der Waals surface area contributed by atoms with Crippen molar-refractivity contribution in [2.75, 3.05) is 20.8 Å². The van der Waals surface area contributed by atoms with E-state index < -0.39 is 16.0 Å². The molecule has 0 spiro atoms. The summed E-state index contributed by atoms with van der Waals surface area (Å²) in [6, 6.07) is 5.51. The van der Waals surface area contributed by atoms with Gasteiger partial charge in [0.05, 0.1) is 23.7 Å². The first-order valence-corrected chi connectivity index (χ1v) is 7.10. The first kappa shape index (κ1) is 15.6. The molecule has 6 nitrogen and oxygen atoms in total. The standard InChI is InChI=1S/C12H17NO5S/c1-9(17-2)8-13-19(15,16)11-6-4-10(5-7-11)12(14)18-3/h4-7,9,13H,8H2,1-3H3. The maximum atomic E-state index is 11.9. The summed E-state index contributed by atoms with van der Waals surface area (Å²) in [5.74, 6) is -0.509. The van der Waals surface area contributed by atoms with Gasteiger partial charge in [-0.1, -0.05) is 0 Å². The van der Waals surface area contributed by atoms with Crippen LogP contribution in [0.3, 0.4) is 0 Å². The van der Waals surface area contributed by atoms with E-state index in [4.69, 9.17) is 4.74 Å². The van der Waals surface area contributed by atoms with Crippen molar-refractivity contribution in [2.45, 2.75) is 17.9 Å². The Kier molecular flexibility index (Phi) is 5.46. The van der Waals surface area contributed by atoms with Crippen LogP contribution in [0.2, 0.25) is 0 Å².